The molecule has 0 amide bonds. The van der Waals surface area contributed by atoms with Crippen LogP contribution < -0.4 is 0 Å². The first-order valence-corrected chi connectivity index (χ1v) is 14.1. The first-order chi connectivity index (χ1) is 20.3. The minimum Gasteiger partial charge on any atom is -0.374 e. The van der Waals surface area contributed by atoms with E-state index in [1.807, 2.05) is 121 Å². The molecule has 1 heterocycles. The standard InChI is InChI=1S/C35H38O6/c1-36-35-34(40-25-30-20-12-5-13-21-30)33(39-24-29-18-10-4-11-19-29)32(38-23-28-16-8-3-9-17-28)31(41-35)26-37-22-27-14-6-2-7-15-27/h2-21,31-35H,22-26H2,1H3/t31?,32-,33-,34?,35-/m0/s1. The Kier molecular flexibility index (Phi) is 11.1. The second-order valence-electron chi connectivity index (χ2n) is 10.1. The fraction of sp³-hybridized carbons (Fsp3) is 0.314. The van der Waals surface area contributed by atoms with Gasteiger partial charge in [0.15, 0.2) is 6.29 Å². The molecule has 0 spiro atoms. The molecule has 1 fully saturated rings. The van der Waals surface area contributed by atoms with Crippen LogP contribution in [0.4, 0.5) is 0 Å². The van der Waals surface area contributed by atoms with E-state index >= 15 is 0 Å². The Balaban J connectivity index is 1.38. The van der Waals surface area contributed by atoms with E-state index in [1.165, 1.54) is 0 Å². The predicted molar refractivity (Wildman–Crippen MR) is 157 cm³/mol. The maximum absolute atomic E-state index is 6.63. The summed E-state index contributed by atoms with van der Waals surface area (Å²) in [6.07, 6.45) is -2.59. The minimum absolute atomic E-state index is 0.310. The molecule has 1 saturated heterocycles. The van der Waals surface area contributed by atoms with Gasteiger partial charge in [-0.2, -0.15) is 0 Å². The van der Waals surface area contributed by atoms with Crippen molar-refractivity contribution < 1.29 is 28.4 Å². The zero-order valence-electron chi connectivity index (χ0n) is 23.4. The zero-order chi connectivity index (χ0) is 28.1. The summed E-state index contributed by atoms with van der Waals surface area (Å²) >= 11 is 0. The van der Waals surface area contributed by atoms with Gasteiger partial charge in [-0.25, -0.2) is 0 Å². The molecule has 41 heavy (non-hydrogen) atoms. The Hall–Kier alpha value is -3.36. The lowest BCUT2D eigenvalue weighted by molar-refractivity contribution is -0.323. The van der Waals surface area contributed by atoms with Crippen molar-refractivity contribution >= 4 is 0 Å². The SMILES string of the molecule is CO[C@H]1OC(COCc2ccccc2)[C@H](OCc2ccccc2)[C@H](OCc2ccccc2)C1OCc1ccccc1. The number of rotatable bonds is 14. The molecule has 0 bridgehead atoms. The highest BCUT2D eigenvalue weighted by atomic mass is 16.7. The van der Waals surface area contributed by atoms with E-state index in [0.29, 0.717) is 33.0 Å². The fourth-order valence-electron chi connectivity index (χ4n) is 4.94. The van der Waals surface area contributed by atoms with E-state index in [0.717, 1.165) is 22.3 Å². The van der Waals surface area contributed by atoms with Crippen molar-refractivity contribution in [3.63, 3.8) is 0 Å². The molecule has 214 valence electrons. The maximum Gasteiger partial charge on any atom is 0.186 e. The van der Waals surface area contributed by atoms with E-state index in [-0.39, 0.29) is 0 Å². The third-order valence-electron chi connectivity index (χ3n) is 7.07. The number of methoxy groups -OCH3 is 1. The van der Waals surface area contributed by atoms with Gasteiger partial charge in [0.2, 0.25) is 0 Å². The van der Waals surface area contributed by atoms with Gasteiger partial charge in [0.25, 0.3) is 0 Å². The van der Waals surface area contributed by atoms with Gasteiger partial charge < -0.3 is 28.4 Å². The van der Waals surface area contributed by atoms with E-state index < -0.39 is 30.7 Å². The molecule has 1 aliphatic rings. The van der Waals surface area contributed by atoms with Gasteiger partial charge in [-0.3, -0.25) is 0 Å². The molecule has 0 saturated carbocycles. The molecule has 0 aromatic heterocycles. The molecule has 6 nitrogen and oxygen atoms in total. The summed E-state index contributed by atoms with van der Waals surface area (Å²) in [7, 11) is 1.63. The van der Waals surface area contributed by atoms with Gasteiger partial charge in [-0.1, -0.05) is 121 Å². The van der Waals surface area contributed by atoms with Crippen LogP contribution in [-0.4, -0.2) is 44.4 Å². The van der Waals surface area contributed by atoms with Crippen LogP contribution in [0, 0.1) is 0 Å². The van der Waals surface area contributed by atoms with Crippen molar-refractivity contribution in [3.8, 4) is 0 Å². The zero-order valence-corrected chi connectivity index (χ0v) is 23.4. The molecule has 4 aromatic carbocycles. The first kappa shape index (κ1) is 29.1. The van der Waals surface area contributed by atoms with Gasteiger partial charge in [0, 0.05) is 7.11 Å². The lowest BCUT2D eigenvalue weighted by atomic mass is 9.97. The summed E-state index contributed by atoms with van der Waals surface area (Å²) in [5.41, 5.74) is 4.27. The molecule has 0 aliphatic carbocycles. The van der Waals surface area contributed by atoms with Gasteiger partial charge in [0.1, 0.15) is 24.4 Å². The molecule has 4 aromatic rings. The monoisotopic (exact) mass is 554 g/mol. The predicted octanol–water partition coefficient (Wildman–Crippen LogP) is 6.33. The summed E-state index contributed by atoms with van der Waals surface area (Å²) in [5, 5.41) is 0. The summed E-state index contributed by atoms with van der Waals surface area (Å²) in [4.78, 5) is 0. The first-order valence-electron chi connectivity index (χ1n) is 14.1. The smallest absolute Gasteiger partial charge is 0.186 e. The van der Waals surface area contributed by atoms with Crippen molar-refractivity contribution in [2.24, 2.45) is 0 Å². The molecule has 5 rings (SSSR count). The van der Waals surface area contributed by atoms with Crippen molar-refractivity contribution in [2.45, 2.75) is 57.1 Å². The molecule has 0 radical (unpaired) electrons. The molecule has 2 unspecified atom stereocenters. The van der Waals surface area contributed by atoms with E-state index in [9.17, 15) is 0 Å². The van der Waals surface area contributed by atoms with Crippen molar-refractivity contribution in [1.29, 1.82) is 0 Å². The van der Waals surface area contributed by atoms with Crippen molar-refractivity contribution in [1.82, 2.24) is 0 Å². The molecular formula is C35H38O6. The van der Waals surface area contributed by atoms with E-state index in [4.69, 9.17) is 28.4 Å². The van der Waals surface area contributed by atoms with Gasteiger partial charge >= 0.3 is 0 Å². The second kappa shape index (κ2) is 15.6. The van der Waals surface area contributed by atoms with Crippen LogP contribution in [0.5, 0.6) is 0 Å². The molecule has 6 heteroatoms. The summed E-state index contributed by atoms with van der Waals surface area (Å²) in [5.74, 6) is 0. The molecule has 1 aliphatic heterocycles. The number of ether oxygens (including phenoxy) is 6. The van der Waals surface area contributed by atoms with Crippen LogP contribution in [0.2, 0.25) is 0 Å². The Morgan fingerprint density at radius 3 is 1.32 bits per heavy atom. The van der Waals surface area contributed by atoms with Crippen LogP contribution in [-0.2, 0) is 54.8 Å². The largest absolute Gasteiger partial charge is 0.374 e. The highest BCUT2D eigenvalue weighted by Gasteiger charge is 2.48. The quantitative estimate of drug-likeness (QED) is 0.182. The number of hydrogen-bond acceptors (Lipinski definition) is 6. The second-order valence-corrected chi connectivity index (χ2v) is 10.1. The molecule has 0 N–H and O–H groups in total. The topological polar surface area (TPSA) is 55.4 Å². The summed E-state index contributed by atoms with van der Waals surface area (Å²) in [6.45, 7) is 1.97. The maximum atomic E-state index is 6.63. The van der Waals surface area contributed by atoms with Crippen LogP contribution >= 0.6 is 0 Å². The lowest BCUT2D eigenvalue weighted by Gasteiger charge is -2.45. The van der Waals surface area contributed by atoms with Gasteiger partial charge in [-0.05, 0) is 22.3 Å². The highest BCUT2D eigenvalue weighted by molar-refractivity contribution is 5.16. The Morgan fingerprint density at radius 1 is 0.488 bits per heavy atom. The van der Waals surface area contributed by atoms with Crippen LogP contribution in [0.15, 0.2) is 121 Å². The van der Waals surface area contributed by atoms with Gasteiger partial charge in [-0.15, -0.1) is 0 Å². The van der Waals surface area contributed by atoms with E-state index in [2.05, 4.69) is 0 Å². The Labute approximate surface area is 242 Å². The van der Waals surface area contributed by atoms with E-state index in [1.54, 1.807) is 7.11 Å². The van der Waals surface area contributed by atoms with Crippen LogP contribution in [0.3, 0.4) is 0 Å². The average Bonchev–Trinajstić information content (AvgIpc) is 3.04. The van der Waals surface area contributed by atoms with Crippen molar-refractivity contribution in [2.75, 3.05) is 13.7 Å². The molecule has 5 atom stereocenters. The number of benzene rings is 4. The average molecular weight is 555 g/mol. The normalized spacial score (nSPS) is 22.4. The van der Waals surface area contributed by atoms with Crippen LogP contribution in [0.1, 0.15) is 22.3 Å². The third-order valence-corrected chi connectivity index (χ3v) is 7.07. The minimum atomic E-state index is -0.665. The molecular weight excluding hydrogens is 516 g/mol. The summed E-state index contributed by atoms with van der Waals surface area (Å²) in [6, 6.07) is 40.4. The third kappa shape index (κ3) is 8.57. The fourth-order valence-corrected chi connectivity index (χ4v) is 4.94. The van der Waals surface area contributed by atoms with Crippen LogP contribution in [0.25, 0.3) is 0 Å². The highest BCUT2D eigenvalue weighted by Crippen LogP contribution is 2.31. The Morgan fingerprint density at radius 2 is 0.878 bits per heavy atom. The van der Waals surface area contributed by atoms with Gasteiger partial charge in [0.05, 0.1) is 33.0 Å². The lowest BCUT2D eigenvalue weighted by Crippen LogP contribution is -2.61. The summed E-state index contributed by atoms with van der Waals surface area (Å²) < 4.78 is 38.2. The number of hydrogen-bond donors (Lipinski definition) is 0. The Bertz CT molecular complexity index is 1260. The van der Waals surface area contributed by atoms with Crippen molar-refractivity contribution in [3.05, 3.63) is 144 Å².